The summed E-state index contributed by atoms with van der Waals surface area (Å²) in [7, 11) is 1.64. The van der Waals surface area contributed by atoms with Crippen LogP contribution in [0.2, 0.25) is 5.02 Å². The third-order valence-corrected chi connectivity index (χ3v) is 2.18. The van der Waals surface area contributed by atoms with Crippen molar-refractivity contribution in [3.05, 3.63) is 28.3 Å². The topological polar surface area (TPSA) is 35.2 Å². The first kappa shape index (κ1) is 10.4. The van der Waals surface area contributed by atoms with Crippen molar-refractivity contribution < 1.29 is 4.74 Å². The Morgan fingerprint density at radius 2 is 2.08 bits per heavy atom. The summed E-state index contributed by atoms with van der Waals surface area (Å²) < 4.78 is 5.25. The van der Waals surface area contributed by atoms with Crippen molar-refractivity contribution in [2.45, 2.75) is 19.9 Å². The standard InChI is InChI=1S/C10H14ClNO/c1-6-4-8(11)5-9(7(2)12)10(6)13-3/h4-5,7H,12H2,1-3H3/t7-/m0/s1. The summed E-state index contributed by atoms with van der Waals surface area (Å²) >= 11 is 5.91. The molecule has 0 bridgehead atoms. The van der Waals surface area contributed by atoms with Gasteiger partial charge in [-0.3, -0.25) is 0 Å². The zero-order chi connectivity index (χ0) is 10.0. The molecule has 0 spiro atoms. The molecule has 0 aliphatic heterocycles. The van der Waals surface area contributed by atoms with E-state index >= 15 is 0 Å². The van der Waals surface area contributed by atoms with Crippen LogP contribution in [0.5, 0.6) is 5.75 Å². The van der Waals surface area contributed by atoms with Gasteiger partial charge in [0, 0.05) is 16.6 Å². The van der Waals surface area contributed by atoms with Gasteiger partial charge >= 0.3 is 0 Å². The number of benzene rings is 1. The maximum atomic E-state index is 5.91. The number of halogens is 1. The summed E-state index contributed by atoms with van der Waals surface area (Å²) in [6, 6.07) is 3.65. The van der Waals surface area contributed by atoms with Crippen LogP contribution in [-0.2, 0) is 0 Å². The summed E-state index contributed by atoms with van der Waals surface area (Å²) in [4.78, 5) is 0. The van der Waals surface area contributed by atoms with E-state index < -0.39 is 0 Å². The van der Waals surface area contributed by atoms with Crippen molar-refractivity contribution in [1.29, 1.82) is 0 Å². The molecule has 72 valence electrons. The fourth-order valence-electron chi connectivity index (χ4n) is 1.37. The quantitative estimate of drug-likeness (QED) is 0.795. The van der Waals surface area contributed by atoms with Crippen LogP contribution < -0.4 is 10.5 Å². The third-order valence-electron chi connectivity index (χ3n) is 1.96. The van der Waals surface area contributed by atoms with Crippen LogP contribution in [0.15, 0.2) is 12.1 Å². The zero-order valence-electron chi connectivity index (χ0n) is 8.10. The highest BCUT2D eigenvalue weighted by atomic mass is 35.5. The monoisotopic (exact) mass is 199 g/mol. The minimum atomic E-state index is -0.0626. The number of rotatable bonds is 2. The Kier molecular flexibility index (Phi) is 3.17. The van der Waals surface area contributed by atoms with Gasteiger partial charge in [-0.1, -0.05) is 11.6 Å². The molecule has 0 aliphatic carbocycles. The van der Waals surface area contributed by atoms with E-state index in [1.165, 1.54) is 0 Å². The van der Waals surface area contributed by atoms with Gasteiger partial charge in [-0.15, -0.1) is 0 Å². The van der Waals surface area contributed by atoms with Gasteiger partial charge in [0.05, 0.1) is 7.11 Å². The summed E-state index contributed by atoms with van der Waals surface area (Å²) in [6.45, 7) is 3.87. The molecule has 2 N–H and O–H groups in total. The molecule has 0 unspecified atom stereocenters. The second-order valence-corrected chi connectivity index (χ2v) is 3.57. The highest BCUT2D eigenvalue weighted by Gasteiger charge is 2.10. The van der Waals surface area contributed by atoms with Crippen molar-refractivity contribution in [1.82, 2.24) is 0 Å². The van der Waals surface area contributed by atoms with E-state index in [-0.39, 0.29) is 6.04 Å². The second-order valence-electron chi connectivity index (χ2n) is 3.13. The van der Waals surface area contributed by atoms with Crippen molar-refractivity contribution in [2.24, 2.45) is 5.73 Å². The van der Waals surface area contributed by atoms with Crippen LogP contribution in [0.1, 0.15) is 24.1 Å². The van der Waals surface area contributed by atoms with E-state index in [1.54, 1.807) is 7.11 Å². The summed E-state index contributed by atoms with van der Waals surface area (Å²) in [5.41, 5.74) is 7.76. The molecule has 13 heavy (non-hydrogen) atoms. The molecule has 2 nitrogen and oxygen atoms in total. The predicted octanol–water partition coefficient (Wildman–Crippen LogP) is 2.68. The lowest BCUT2D eigenvalue weighted by molar-refractivity contribution is 0.404. The van der Waals surface area contributed by atoms with Crippen LogP contribution in [0.4, 0.5) is 0 Å². The van der Waals surface area contributed by atoms with E-state index in [0.29, 0.717) is 5.02 Å². The maximum absolute atomic E-state index is 5.91. The second kappa shape index (κ2) is 3.99. The van der Waals surface area contributed by atoms with Crippen LogP contribution >= 0.6 is 11.6 Å². The molecule has 0 heterocycles. The fourth-order valence-corrected chi connectivity index (χ4v) is 1.65. The molecule has 1 aromatic rings. The van der Waals surface area contributed by atoms with Gasteiger partial charge in [0.25, 0.3) is 0 Å². The summed E-state index contributed by atoms with van der Waals surface area (Å²) in [5, 5.41) is 0.700. The van der Waals surface area contributed by atoms with Crippen molar-refractivity contribution in [2.75, 3.05) is 7.11 Å². The number of ether oxygens (including phenoxy) is 1. The van der Waals surface area contributed by atoms with Gasteiger partial charge in [-0.25, -0.2) is 0 Å². The van der Waals surface area contributed by atoms with Crippen LogP contribution in [0.3, 0.4) is 0 Å². The highest BCUT2D eigenvalue weighted by molar-refractivity contribution is 6.30. The van der Waals surface area contributed by atoms with Gasteiger partial charge in [-0.2, -0.15) is 0 Å². The Labute approximate surface area is 83.6 Å². The normalized spacial score (nSPS) is 12.7. The Balaban J connectivity index is 3.29. The molecule has 0 saturated heterocycles. The van der Waals surface area contributed by atoms with Gasteiger partial charge in [0.15, 0.2) is 0 Å². The number of hydrogen-bond donors (Lipinski definition) is 1. The molecule has 3 heteroatoms. The Morgan fingerprint density at radius 3 is 2.54 bits per heavy atom. The lowest BCUT2D eigenvalue weighted by Gasteiger charge is -2.14. The van der Waals surface area contributed by atoms with Gasteiger partial charge < -0.3 is 10.5 Å². The first-order chi connectivity index (χ1) is 6.06. The average molecular weight is 200 g/mol. The number of methoxy groups -OCH3 is 1. The molecule has 0 aromatic heterocycles. The van der Waals surface area contributed by atoms with Crippen molar-refractivity contribution >= 4 is 11.6 Å². The molecular formula is C10H14ClNO. The molecule has 0 amide bonds. The summed E-state index contributed by atoms with van der Waals surface area (Å²) in [5.74, 6) is 0.833. The Morgan fingerprint density at radius 1 is 1.46 bits per heavy atom. The highest BCUT2D eigenvalue weighted by Crippen LogP contribution is 2.30. The molecule has 1 rings (SSSR count). The number of hydrogen-bond acceptors (Lipinski definition) is 2. The largest absolute Gasteiger partial charge is 0.496 e. The molecule has 0 aliphatic rings. The lowest BCUT2D eigenvalue weighted by Crippen LogP contribution is -2.07. The van der Waals surface area contributed by atoms with Gasteiger partial charge in [0.1, 0.15) is 5.75 Å². The summed E-state index contributed by atoms with van der Waals surface area (Å²) in [6.07, 6.45) is 0. The third kappa shape index (κ3) is 2.14. The van der Waals surface area contributed by atoms with Gasteiger partial charge in [-0.05, 0) is 31.5 Å². The minimum absolute atomic E-state index is 0.0626. The molecule has 0 radical (unpaired) electrons. The number of aryl methyl sites for hydroxylation is 1. The minimum Gasteiger partial charge on any atom is -0.496 e. The number of nitrogens with two attached hydrogens (primary N) is 1. The predicted molar refractivity (Wildman–Crippen MR) is 55.3 cm³/mol. The lowest BCUT2D eigenvalue weighted by atomic mass is 10.0. The smallest absolute Gasteiger partial charge is 0.126 e. The zero-order valence-corrected chi connectivity index (χ0v) is 8.85. The molecule has 1 atom stereocenters. The Hall–Kier alpha value is -0.730. The molecule has 0 saturated carbocycles. The maximum Gasteiger partial charge on any atom is 0.126 e. The van der Waals surface area contributed by atoms with E-state index in [1.807, 2.05) is 26.0 Å². The first-order valence-corrected chi connectivity index (χ1v) is 4.53. The average Bonchev–Trinajstić information content (AvgIpc) is 2.02. The van der Waals surface area contributed by atoms with E-state index in [9.17, 15) is 0 Å². The van der Waals surface area contributed by atoms with Crippen LogP contribution in [0.25, 0.3) is 0 Å². The first-order valence-electron chi connectivity index (χ1n) is 4.16. The molecule has 1 aromatic carbocycles. The van der Waals surface area contributed by atoms with E-state index in [0.717, 1.165) is 16.9 Å². The van der Waals surface area contributed by atoms with Crippen molar-refractivity contribution in [3.63, 3.8) is 0 Å². The molecule has 0 fully saturated rings. The van der Waals surface area contributed by atoms with Gasteiger partial charge in [0.2, 0.25) is 0 Å². The SMILES string of the molecule is COc1c(C)cc(Cl)cc1[C@H](C)N. The Bertz CT molecular complexity index is 310. The van der Waals surface area contributed by atoms with Crippen molar-refractivity contribution in [3.8, 4) is 5.75 Å². The van der Waals surface area contributed by atoms with Crippen LogP contribution in [0, 0.1) is 6.92 Å². The fraction of sp³-hybridized carbons (Fsp3) is 0.400. The van der Waals surface area contributed by atoms with E-state index in [4.69, 9.17) is 22.1 Å². The van der Waals surface area contributed by atoms with E-state index in [2.05, 4.69) is 0 Å². The van der Waals surface area contributed by atoms with Crippen LogP contribution in [-0.4, -0.2) is 7.11 Å². The molecular weight excluding hydrogens is 186 g/mol.